The number of nitrogens with zero attached hydrogens (tertiary/aromatic N) is 3. The smallest absolute Gasteiger partial charge is 0.351 e. The molecule has 0 atom stereocenters. The van der Waals surface area contributed by atoms with Crippen molar-refractivity contribution in [2.75, 3.05) is 7.11 Å². The summed E-state index contributed by atoms with van der Waals surface area (Å²) >= 11 is 0. The Morgan fingerprint density at radius 3 is 3.00 bits per heavy atom. The van der Waals surface area contributed by atoms with Gasteiger partial charge in [0.15, 0.2) is 0 Å². The van der Waals surface area contributed by atoms with E-state index in [1.165, 1.54) is 11.7 Å². The van der Waals surface area contributed by atoms with Crippen LogP contribution in [0.4, 0.5) is 0 Å². The summed E-state index contributed by atoms with van der Waals surface area (Å²) in [5.74, 6) is 0.267. The standard InChI is InChI=1S/C9H9N3O2/c1-12-6-4-3-5-10-7(6)8(14-2)11-9(12)13/h3-5H,1-2H3. The molecule has 0 spiro atoms. The summed E-state index contributed by atoms with van der Waals surface area (Å²) in [6, 6.07) is 3.56. The second-order valence-corrected chi connectivity index (χ2v) is 2.83. The summed E-state index contributed by atoms with van der Waals surface area (Å²) in [6.07, 6.45) is 1.64. The molecule has 2 heterocycles. The number of aryl methyl sites for hydroxylation is 1. The molecule has 0 saturated carbocycles. The van der Waals surface area contributed by atoms with Crippen LogP contribution < -0.4 is 10.4 Å². The Bertz CT molecular complexity index is 533. The fourth-order valence-electron chi connectivity index (χ4n) is 1.29. The Kier molecular flexibility index (Phi) is 1.92. The van der Waals surface area contributed by atoms with Crippen molar-refractivity contribution in [1.82, 2.24) is 14.5 Å². The molecule has 5 nitrogen and oxygen atoms in total. The number of hydrogen-bond acceptors (Lipinski definition) is 4. The van der Waals surface area contributed by atoms with Crippen LogP contribution in [-0.2, 0) is 7.05 Å². The van der Waals surface area contributed by atoms with Gasteiger partial charge in [0, 0.05) is 13.2 Å². The second kappa shape index (κ2) is 3.10. The second-order valence-electron chi connectivity index (χ2n) is 2.83. The van der Waals surface area contributed by atoms with Crippen LogP contribution in [0.25, 0.3) is 11.0 Å². The van der Waals surface area contributed by atoms with E-state index in [0.29, 0.717) is 11.0 Å². The number of hydrogen-bond donors (Lipinski definition) is 0. The molecule has 0 saturated heterocycles. The summed E-state index contributed by atoms with van der Waals surface area (Å²) in [7, 11) is 3.12. The van der Waals surface area contributed by atoms with E-state index in [0.717, 1.165) is 0 Å². The first-order valence-corrected chi connectivity index (χ1v) is 4.10. The SMILES string of the molecule is COc1nc(=O)n(C)c2cccnc12. The molecule has 5 heteroatoms. The van der Waals surface area contributed by atoms with Crippen LogP contribution in [0.1, 0.15) is 0 Å². The maximum Gasteiger partial charge on any atom is 0.351 e. The van der Waals surface area contributed by atoms with Gasteiger partial charge in [-0.25, -0.2) is 9.78 Å². The van der Waals surface area contributed by atoms with Gasteiger partial charge in [0.25, 0.3) is 0 Å². The average molecular weight is 191 g/mol. The lowest BCUT2D eigenvalue weighted by Crippen LogP contribution is -2.21. The Morgan fingerprint density at radius 1 is 1.50 bits per heavy atom. The quantitative estimate of drug-likeness (QED) is 0.652. The Morgan fingerprint density at radius 2 is 2.29 bits per heavy atom. The molecule has 0 N–H and O–H groups in total. The van der Waals surface area contributed by atoms with Crippen LogP contribution in [0, 0.1) is 0 Å². The van der Waals surface area contributed by atoms with Crippen molar-refractivity contribution in [3.8, 4) is 5.88 Å². The van der Waals surface area contributed by atoms with Crippen molar-refractivity contribution in [1.29, 1.82) is 0 Å². The predicted molar refractivity (Wildman–Crippen MR) is 51.3 cm³/mol. The van der Waals surface area contributed by atoms with Gasteiger partial charge in [-0.2, -0.15) is 4.98 Å². The van der Waals surface area contributed by atoms with Gasteiger partial charge in [-0.15, -0.1) is 0 Å². The largest absolute Gasteiger partial charge is 0.479 e. The molecular weight excluding hydrogens is 182 g/mol. The van der Waals surface area contributed by atoms with Crippen molar-refractivity contribution >= 4 is 11.0 Å². The molecule has 0 aliphatic rings. The maximum absolute atomic E-state index is 11.4. The minimum atomic E-state index is -0.345. The van der Waals surface area contributed by atoms with E-state index in [4.69, 9.17) is 4.74 Å². The molecule has 0 bridgehead atoms. The van der Waals surface area contributed by atoms with Gasteiger partial charge in [-0.1, -0.05) is 0 Å². The molecule has 0 aromatic carbocycles. The molecule has 2 aromatic rings. The van der Waals surface area contributed by atoms with Crippen LogP contribution >= 0.6 is 0 Å². The fraction of sp³-hybridized carbons (Fsp3) is 0.222. The molecule has 0 amide bonds. The average Bonchev–Trinajstić information content (AvgIpc) is 2.23. The highest BCUT2D eigenvalue weighted by atomic mass is 16.5. The van der Waals surface area contributed by atoms with Gasteiger partial charge in [0.05, 0.1) is 12.6 Å². The normalized spacial score (nSPS) is 10.4. The van der Waals surface area contributed by atoms with Crippen LogP contribution in [0.5, 0.6) is 5.88 Å². The number of fused-ring (bicyclic) bond motifs is 1. The minimum Gasteiger partial charge on any atom is -0.479 e. The summed E-state index contributed by atoms with van der Waals surface area (Å²) < 4.78 is 6.41. The fourth-order valence-corrected chi connectivity index (χ4v) is 1.29. The molecule has 0 fully saturated rings. The highest BCUT2D eigenvalue weighted by Crippen LogP contribution is 2.16. The van der Waals surface area contributed by atoms with Gasteiger partial charge >= 0.3 is 5.69 Å². The minimum absolute atomic E-state index is 0.267. The van der Waals surface area contributed by atoms with Gasteiger partial charge in [0.2, 0.25) is 5.88 Å². The highest BCUT2D eigenvalue weighted by molar-refractivity contribution is 5.78. The summed E-state index contributed by atoms with van der Waals surface area (Å²) in [5.41, 5.74) is 0.962. The first-order valence-electron chi connectivity index (χ1n) is 4.10. The van der Waals surface area contributed by atoms with E-state index in [2.05, 4.69) is 9.97 Å². The summed E-state index contributed by atoms with van der Waals surface area (Å²) in [6.45, 7) is 0. The van der Waals surface area contributed by atoms with Crippen LogP contribution in [0.2, 0.25) is 0 Å². The van der Waals surface area contributed by atoms with E-state index in [1.807, 2.05) is 0 Å². The number of ether oxygens (including phenoxy) is 1. The van der Waals surface area contributed by atoms with Crippen molar-refractivity contribution in [2.45, 2.75) is 0 Å². The molecular formula is C9H9N3O2. The molecule has 2 aromatic heterocycles. The lowest BCUT2D eigenvalue weighted by molar-refractivity contribution is 0.398. The van der Waals surface area contributed by atoms with E-state index < -0.39 is 0 Å². The van der Waals surface area contributed by atoms with Crippen LogP contribution in [0.3, 0.4) is 0 Å². The molecule has 0 aliphatic heterocycles. The zero-order valence-corrected chi connectivity index (χ0v) is 7.89. The van der Waals surface area contributed by atoms with E-state index in [1.54, 1.807) is 25.4 Å². The Labute approximate surface area is 80.0 Å². The van der Waals surface area contributed by atoms with Gasteiger partial charge < -0.3 is 4.74 Å². The van der Waals surface area contributed by atoms with Crippen molar-refractivity contribution < 1.29 is 4.74 Å². The van der Waals surface area contributed by atoms with Crippen molar-refractivity contribution in [2.24, 2.45) is 7.05 Å². The summed E-state index contributed by atoms with van der Waals surface area (Å²) in [4.78, 5) is 19.2. The third-order valence-corrected chi connectivity index (χ3v) is 2.03. The molecule has 72 valence electrons. The van der Waals surface area contributed by atoms with Gasteiger partial charge in [-0.3, -0.25) is 4.57 Å². The lowest BCUT2D eigenvalue weighted by atomic mass is 10.3. The molecule has 0 aliphatic carbocycles. The molecule has 2 rings (SSSR count). The van der Waals surface area contributed by atoms with Crippen LogP contribution in [-0.4, -0.2) is 21.6 Å². The van der Waals surface area contributed by atoms with Gasteiger partial charge in [-0.05, 0) is 12.1 Å². The highest BCUT2D eigenvalue weighted by Gasteiger charge is 2.08. The number of aromatic nitrogens is 3. The topological polar surface area (TPSA) is 57.0 Å². The monoisotopic (exact) mass is 191 g/mol. The molecule has 0 unspecified atom stereocenters. The first-order chi connectivity index (χ1) is 6.74. The first kappa shape index (κ1) is 8.68. The van der Waals surface area contributed by atoms with E-state index >= 15 is 0 Å². The Balaban J connectivity index is 2.97. The number of methoxy groups -OCH3 is 1. The summed E-state index contributed by atoms with van der Waals surface area (Å²) in [5, 5.41) is 0. The zero-order valence-electron chi connectivity index (χ0n) is 7.89. The maximum atomic E-state index is 11.4. The third-order valence-electron chi connectivity index (χ3n) is 2.03. The predicted octanol–water partition coefficient (Wildman–Crippen LogP) is 0.337. The number of rotatable bonds is 1. The van der Waals surface area contributed by atoms with Crippen LogP contribution in [0.15, 0.2) is 23.1 Å². The van der Waals surface area contributed by atoms with Crippen molar-refractivity contribution in [3.05, 3.63) is 28.8 Å². The zero-order chi connectivity index (χ0) is 10.1. The van der Waals surface area contributed by atoms with E-state index in [9.17, 15) is 4.79 Å². The van der Waals surface area contributed by atoms with Crippen molar-refractivity contribution in [3.63, 3.8) is 0 Å². The lowest BCUT2D eigenvalue weighted by Gasteiger charge is -2.05. The molecule has 14 heavy (non-hydrogen) atoms. The van der Waals surface area contributed by atoms with E-state index in [-0.39, 0.29) is 11.6 Å². The number of pyridine rings is 1. The molecule has 0 radical (unpaired) electrons. The Hall–Kier alpha value is -1.91. The van der Waals surface area contributed by atoms with Gasteiger partial charge in [0.1, 0.15) is 5.52 Å². The third kappa shape index (κ3) is 1.14.